The zero-order valence-electron chi connectivity index (χ0n) is 11.8. The number of nitrogens with one attached hydrogen (secondary N) is 1. The minimum atomic E-state index is -4.81. The van der Waals surface area contributed by atoms with Crippen molar-refractivity contribution in [1.29, 1.82) is 0 Å². The summed E-state index contributed by atoms with van der Waals surface area (Å²) in [7, 11) is 0. The van der Waals surface area contributed by atoms with E-state index in [2.05, 4.69) is 5.32 Å². The Labute approximate surface area is 124 Å². The van der Waals surface area contributed by atoms with Gasteiger partial charge in [-0.05, 0) is 12.0 Å². The van der Waals surface area contributed by atoms with Crippen LogP contribution < -0.4 is 5.32 Å². The number of rotatable bonds is 5. The predicted octanol–water partition coefficient (Wildman–Crippen LogP) is 2.36. The molecule has 1 aromatic carbocycles. The van der Waals surface area contributed by atoms with Gasteiger partial charge < -0.3 is 10.4 Å². The maximum absolute atomic E-state index is 12.7. The zero-order valence-corrected chi connectivity index (χ0v) is 11.8. The van der Waals surface area contributed by atoms with Crippen molar-refractivity contribution in [3.05, 3.63) is 39.4 Å². The Morgan fingerprint density at radius 3 is 2.41 bits per heavy atom. The molecule has 0 aliphatic carbocycles. The first kappa shape index (κ1) is 17.9. The third-order valence-electron chi connectivity index (χ3n) is 2.96. The number of amides is 1. The van der Waals surface area contributed by atoms with Crippen LogP contribution in [0.1, 0.15) is 29.8 Å². The molecule has 0 saturated carbocycles. The highest BCUT2D eigenvalue weighted by Crippen LogP contribution is 2.32. The second-order valence-corrected chi connectivity index (χ2v) is 5.04. The highest BCUT2D eigenvalue weighted by atomic mass is 19.4. The van der Waals surface area contributed by atoms with Crippen molar-refractivity contribution in [2.45, 2.75) is 26.1 Å². The second-order valence-electron chi connectivity index (χ2n) is 5.04. The number of aliphatic hydroxyl groups is 1. The minimum Gasteiger partial charge on any atom is -0.391 e. The van der Waals surface area contributed by atoms with Gasteiger partial charge in [0.05, 0.1) is 16.6 Å². The Bertz CT molecular complexity index is 573. The molecule has 1 unspecified atom stereocenters. The van der Waals surface area contributed by atoms with Gasteiger partial charge in [-0.15, -0.1) is 0 Å². The third kappa shape index (κ3) is 4.69. The number of hydrogen-bond donors (Lipinski definition) is 2. The normalized spacial score (nSPS) is 13.0. The van der Waals surface area contributed by atoms with Crippen molar-refractivity contribution in [2.75, 3.05) is 6.54 Å². The quantitative estimate of drug-likeness (QED) is 0.643. The van der Waals surface area contributed by atoms with E-state index in [-0.39, 0.29) is 12.5 Å². The van der Waals surface area contributed by atoms with Crippen LogP contribution in [0.2, 0.25) is 0 Å². The van der Waals surface area contributed by atoms with E-state index in [0.29, 0.717) is 12.1 Å². The summed E-state index contributed by atoms with van der Waals surface area (Å²) >= 11 is 0. The summed E-state index contributed by atoms with van der Waals surface area (Å²) in [6, 6.07) is 1.65. The van der Waals surface area contributed by atoms with Crippen LogP contribution in [0.25, 0.3) is 0 Å². The van der Waals surface area contributed by atoms with Crippen molar-refractivity contribution < 1.29 is 28.0 Å². The molecule has 0 aromatic heterocycles. The van der Waals surface area contributed by atoms with E-state index in [4.69, 9.17) is 0 Å². The van der Waals surface area contributed by atoms with Gasteiger partial charge >= 0.3 is 6.18 Å². The summed E-state index contributed by atoms with van der Waals surface area (Å²) in [5.41, 5.74) is -2.60. The van der Waals surface area contributed by atoms with E-state index >= 15 is 0 Å². The van der Waals surface area contributed by atoms with Gasteiger partial charge in [0.1, 0.15) is 0 Å². The van der Waals surface area contributed by atoms with E-state index < -0.39 is 39.9 Å². The lowest BCUT2D eigenvalue weighted by atomic mass is 10.1. The summed E-state index contributed by atoms with van der Waals surface area (Å²) in [5.74, 6) is -1.08. The Hall–Kier alpha value is -2.16. The third-order valence-corrected chi connectivity index (χ3v) is 2.96. The molecule has 0 saturated heterocycles. The largest absolute Gasteiger partial charge is 0.416 e. The van der Waals surface area contributed by atoms with E-state index in [1.807, 2.05) is 0 Å². The highest BCUT2D eigenvalue weighted by Gasteiger charge is 2.33. The number of benzene rings is 1. The average Bonchev–Trinajstić information content (AvgIpc) is 2.42. The van der Waals surface area contributed by atoms with Gasteiger partial charge in [-0.2, -0.15) is 13.2 Å². The topological polar surface area (TPSA) is 92.5 Å². The molecule has 9 heteroatoms. The average molecular weight is 320 g/mol. The van der Waals surface area contributed by atoms with Gasteiger partial charge in [-0.1, -0.05) is 13.8 Å². The molecule has 0 fully saturated rings. The Morgan fingerprint density at radius 1 is 1.36 bits per heavy atom. The number of halogens is 3. The Morgan fingerprint density at radius 2 is 1.95 bits per heavy atom. The van der Waals surface area contributed by atoms with E-state index in [1.165, 1.54) is 0 Å². The van der Waals surface area contributed by atoms with E-state index in [0.717, 1.165) is 6.07 Å². The van der Waals surface area contributed by atoms with Crippen LogP contribution in [-0.4, -0.2) is 28.6 Å². The molecule has 1 amide bonds. The second kappa shape index (κ2) is 6.73. The molecule has 0 aliphatic heterocycles. The molecule has 0 radical (unpaired) electrons. The lowest BCUT2D eigenvalue weighted by Crippen LogP contribution is -2.34. The highest BCUT2D eigenvalue weighted by molar-refractivity contribution is 5.95. The summed E-state index contributed by atoms with van der Waals surface area (Å²) in [6.45, 7) is 3.23. The molecule has 0 aliphatic rings. The first-order valence-electron chi connectivity index (χ1n) is 6.35. The maximum Gasteiger partial charge on any atom is 0.416 e. The van der Waals surface area contributed by atoms with Gasteiger partial charge in [-0.25, -0.2) is 0 Å². The predicted molar refractivity (Wildman–Crippen MR) is 71.3 cm³/mol. The number of carbonyl (C=O) groups excluding carboxylic acids is 1. The van der Waals surface area contributed by atoms with Crippen LogP contribution in [0.4, 0.5) is 18.9 Å². The molecule has 0 spiro atoms. The molecule has 1 rings (SSSR count). The number of nitro groups is 1. The van der Waals surface area contributed by atoms with Gasteiger partial charge in [0, 0.05) is 24.2 Å². The molecular weight excluding hydrogens is 305 g/mol. The Kier molecular flexibility index (Phi) is 5.48. The molecule has 1 atom stereocenters. The Balaban J connectivity index is 3.05. The van der Waals surface area contributed by atoms with Crippen molar-refractivity contribution >= 4 is 11.6 Å². The van der Waals surface area contributed by atoms with Crippen molar-refractivity contribution in [3.63, 3.8) is 0 Å². The summed E-state index contributed by atoms with van der Waals surface area (Å²) < 4.78 is 38.1. The number of carbonyl (C=O) groups is 1. The number of nitro benzene ring substituents is 1. The summed E-state index contributed by atoms with van der Waals surface area (Å²) in [4.78, 5) is 21.5. The van der Waals surface area contributed by atoms with Crippen LogP contribution in [-0.2, 0) is 6.18 Å². The van der Waals surface area contributed by atoms with E-state index in [9.17, 15) is 33.2 Å². The summed E-state index contributed by atoms with van der Waals surface area (Å²) in [6.07, 6.45) is -5.68. The van der Waals surface area contributed by atoms with Crippen molar-refractivity contribution in [1.82, 2.24) is 5.32 Å². The van der Waals surface area contributed by atoms with Crippen LogP contribution in [0.5, 0.6) is 0 Å². The van der Waals surface area contributed by atoms with Gasteiger partial charge in [0.2, 0.25) is 0 Å². The first-order valence-corrected chi connectivity index (χ1v) is 6.35. The fourth-order valence-electron chi connectivity index (χ4n) is 1.55. The van der Waals surface area contributed by atoms with Gasteiger partial charge in [0.15, 0.2) is 0 Å². The number of nitrogens with zero attached hydrogens (tertiary/aromatic N) is 1. The maximum atomic E-state index is 12.7. The molecule has 6 nitrogen and oxygen atoms in total. The SMILES string of the molecule is CC(C)C(O)CNC(=O)c1cc([N+](=O)[O-])cc(C(F)(F)F)c1. The summed E-state index contributed by atoms with van der Waals surface area (Å²) in [5, 5.41) is 22.5. The number of alkyl halides is 3. The van der Waals surface area contributed by atoms with Crippen LogP contribution in [0.3, 0.4) is 0 Å². The lowest BCUT2D eigenvalue weighted by Gasteiger charge is -2.15. The number of non-ortho nitro benzene ring substituents is 1. The number of hydrogen-bond acceptors (Lipinski definition) is 4. The van der Waals surface area contributed by atoms with Crippen molar-refractivity contribution in [2.24, 2.45) is 5.92 Å². The fourth-order valence-corrected chi connectivity index (χ4v) is 1.55. The minimum absolute atomic E-state index is 0.156. The van der Waals surface area contributed by atoms with Crippen LogP contribution >= 0.6 is 0 Å². The lowest BCUT2D eigenvalue weighted by molar-refractivity contribution is -0.385. The monoisotopic (exact) mass is 320 g/mol. The van der Waals surface area contributed by atoms with Gasteiger partial charge in [-0.3, -0.25) is 14.9 Å². The van der Waals surface area contributed by atoms with Crippen molar-refractivity contribution in [3.8, 4) is 0 Å². The standard InChI is InChI=1S/C13H15F3N2O4/c1-7(2)11(19)6-17-12(20)8-3-9(13(14,15)16)5-10(4-8)18(21)22/h3-5,7,11,19H,6H2,1-2H3,(H,17,20). The smallest absolute Gasteiger partial charge is 0.391 e. The van der Waals surface area contributed by atoms with E-state index in [1.54, 1.807) is 13.8 Å². The van der Waals surface area contributed by atoms with Crippen LogP contribution in [0, 0.1) is 16.0 Å². The molecule has 122 valence electrons. The molecule has 2 N–H and O–H groups in total. The van der Waals surface area contributed by atoms with Crippen LogP contribution in [0.15, 0.2) is 18.2 Å². The van der Waals surface area contributed by atoms with Gasteiger partial charge in [0.25, 0.3) is 11.6 Å². The molecule has 1 aromatic rings. The number of aliphatic hydroxyl groups excluding tert-OH is 1. The first-order chi connectivity index (χ1) is 10.0. The molecule has 0 bridgehead atoms. The fraction of sp³-hybridized carbons (Fsp3) is 0.462. The molecule has 0 heterocycles. The molecular formula is C13H15F3N2O4. The zero-order chi connectivity index (χ0) is 17.1. The molecule has 22 heavy (non-hydrogen) atoms.